The maximum atomic E-state index is 13.2. The molecule has 0 aliphatic heterocycles. The lowest BCUT2D eigenvalue weighted by atomic mass is 9.91. The number of hydrogen-bond donors (Lipinski definition) is 1. The fraction of sp³-hybridized carbons (Fsp3) is 0.0870. The Morgan fingerprint density at radius 3 is 2.44 bits per heavy atom. The SMILES string of the molecule is O=C(Nc1cccc2cccnc12)C(Cc1ccncc1)c1ccccc1. The first kappa shape index (κ1) is 16.9. The number of benzene rings is 2. The maximum absolute atomic E-state index is 13.2. The summed E-state index contributed by atoms with van der Waals surface area (Å²) in [4.78, 5) is 21.7. The van der Waals surface area contributed by atoms with E-state index in [2.05, 4.69) is 15.3 Å². The molecule has 1 unspecified atom stereocenters. The van der Waals surface area contributed by atoms with Crippen molar-refractivity contribution in [2.45, 2.75) is 12.3 Å². The van der Waals surface area contributed by atoms with Crippen LogP contribution in [-0.2, 0) is 11.2 Å². The summed E-state index contributed by atoms with van der Waals surface area (Å²) in [6.07, 6.45) is 5.86. The zero-order valence-corrected chi connectivity index (χ0v) is 14.7. The number of hydrogen-bond acceptors (Lipinski definition) is 3. The van der Waals surface area contributed by atoms with Crippen molar-refractivity contribution in [3.05, 3.63) is 103 Å². The molecule has 0 aliphatic carbocycles. The Morgan fingerprint density at radius 1 is 0.852 bits per heavy atom. The van der Waals surface area contributed by atoms with E-state index in [-0.39, 0.29) is 11.8 Å². The summed E-state index contributed by atoms with van der Waals surface area (Å²) in [7, 11) is 0. The van der Waals surface area contributed by atoms with E-state index < -0.39 is 0 Å². The van der Waals surface area contributed by atoms with Gasteiger partial charge in [0.05, 0.1) is 17.1 Å². The molecule has 4 heteroatoms. The average Bonchev–Trinajstić information content (AvgIpc) is 2.73. The normalized spacial score (nSPS) is 11.9. The number of carbonyl (C=O) groups is 1. The molecule has 4 nitrogen and oxygen atoms in total. The van der Waals surface area contributed by atoms with Gasteiger partial charge in [0.1, 0.15) is 0 Å². The molecule has 1 atom stereocenters. The fourth-order valence-electron chi connectivity index (χ4n) is 3.23. The minimum atomic E-state index is -0.299. The van der Waals surface area contributed by atoms with Crippen molar-refractivity contribution in [2.24, 2.45) is 0 Å². The van der Waals surface area contributed by atoms with Gasteiger partial charge < -0.3 is 5.32 Å². The van der Waals surface area contributed by atoms with Gasteiger partial charge in [-0.25, -0.2) is 0 Å². The Balaban J connectivity index is 1.66. The number of anilines is 1. The zero-order chi connectivity index (χ0) is 18.5. The Kier molecular flexibility index (Phi) is 4.88. The van der Waals surface area contributed by atoms with Crippen LogP contribution >= 0.6 is 0 Å². The van der Waals surface area contributed by atoms with E-state index in [1.165, 1.54) is 0 Å². The second kappa shape index (κ2) is 7.79. The lowest BCUT2D eigenvalue weighted by Gasteiger charge is -2.18. The molecule has 2 aromatic heterocycles. The maximum Gasteiger partial charge on any atom is 0.232 e. The topological polar surface area (TPSA) is 54.9 Å². The minimum absolute atomic E-state index is 0.0452. The molecule has 0 spiro atoms. The number of fused-ring (bicyclic) bond motifs is 1. The molecule has 1 N–H and O–H groups in total. The van der Waals surface area contributed by atoms with Crippen LogP contribution in [0.1, 0.15) is 17.0 Å². The highest BCUT2D eigenvalue weighted by atomic mass is 16.1. The van der Waals surface area contributed by atoms with Crippen LogP contribution in [0.25, 0.3) is 10.9 Å². The quantitative estimate of drug-likeness (QED) is 0.571. The zero-order valence-electron chi connectivity index (χ0n) is 14.7. The van der Waals surface area contributed by atoms with Gasteiger partial charge in [0.15, 0.2) is 0 Å². The fourth-order valence-corrected chi connectivity index (χ4v) is 3.23. The van der Waals surface area contributed by atoms with Gasteiger partial charge in [-0.1, -0.05) is 48.5 Å². The van der Waals surface area contributed by atoms with E-state index in [0.29, 0.717) is 6.42 Å². The van der Waals surface area contributed by atoms with Crippen molar-refractivity contribution in [1.29, 1.82) is 0 Å². The van der Waals surface area contributed by atoms with E-state index in [9.17, 15) is 4.79 Å². The van der Waals surface area contributed by atoms with Gasteiger partial charge >= 0.3 is 0 Å². The molecule has 2 aromatic carbocycles. The highest BCUT2D eigenvalue weighted by molar-refractivity contribution is 6.02. The summed E-state index contributed by atoms with van der Waals surface area (Å²) < 4.78 is 0. The van der Waals surface area contributed by atoms with Crippen molar-refractivity contribution in [1.82, 2.24) is 9.97 Å². The molecule has 27 heavy (non-hydrogen) atoms. The molecule has 132 valence electrons. The lowest BCUT2D eigenvalue weighted by Crippen LogP contribution is -2.23. The molecule has 0 bridgehead atoms. The Morgan fingerprint density at radius 2 is 1.63 bits per heavy atom. The van der Waals surface area contributed by atoms with E-state index in [4.69, 9.17) is 0 Å². The van der Waals surface area contributed by atoms with Crippen LogP contribution in [0.5, 0.6) is 0 Å². The molecule has 0 aliphatic rings. The smallest absolute Gasteiger partial charge is 0.232 e. The third-order valence-electron chi connectivity index (χ3n) is 4.60. The Hall–Kier alpha value is -3.53. The van der Waals surface area contributed by atoms with Crippen LogP contribution in [-0.4, -0.2) is 15.9 Å². The predicted molar refractivity (Wildman–Crippen MR) is 107 cm³/mol. The van der Waals surface area contributed by atoms with Gasteiger partial charge in [0.25, 0.3) is 0 Å². The standard InChI is InChI=1S/C23H19N3O/c27-23(26-21-10-4-8-19-9-5-13-25-22(19)21)20(18-6-2-1-3-7-18)16-17-11-14-24-15-12-17/h1-15,20H,16H2,(H,26,27). The first-order valence-corrected chi connectivity index (χ1v) is 8.90. The summed E-state index contributed by atoms with van der Waals surface area (Å²) in [5, 5.41) is 4.09. The van der Waals surface area contributed by atoms with E-state index in [1.54, 1.807) is 18.6 Å². The number of aromatic nitrogens is 2. The largest absolute Gasteiger partial charge is 0.324 e. The number of amides is 1. The van der Waals surface area contributed by atoms with Crippen molar-refractivity contribution in [3.8, 4) is 0 Å². The van der Waals surface area contributed by atoms with Crippen LogP contribution in [0.2, 0.25) is 0 Å². The molecule has 0 fully saturated rings. The number of nitrogens with zero attached hydrogens (tertiary/aromatic N) is 2. The molecule has 0 saturated carbocycles. The summed E-state index contributed by atoms with van der Waals surface area (Å²) in [5.74, 6) is -0.344. The van der Waals surface area contributed by atoms with Gasteiger partial charge in [-0.15, -0.1) is 0 Å². The van der Waals surface area contributed by atoms with Crippen molar-refractivity contribution < 1.29 is 4.79 Å². The van der Waals surface area contributed by atoms with Crippen LogP contribution in [0.15, 0.2) is 91.4 Å². The molecule has 0 radical (unpaired) electrons. The number of nitrogens with one attached hydrogen (secondary N) is 1. The van der Waals surface area contributed by atoms with Gasteiger partial charge in [0, 0.05) is 24.0 Å². The van der Waals surface area contributed by atoms with Crippen LogP contribution in [0.4, 0.5) is 5.69 Å². The number of carbonyl (C=O) groups excluding carboxylic acids is 1. The van der Waals surface area contributed by atoms with E-state index >= 15 is 0 Å². The molecule has 4 rings (SSSR count). The summed E-state index contributed by atoms with van der Waals surface area (Å²) >= 11 is 0. The molecule has 4 aromatic rings. The third-order valence-corrected chi connectivity index (χ3v) is 4.60. The van der Waals surface area contributed by atoms with Crippen LogP contribution in [0, 0.1) is 0 Å². The van der Waals surface area contributed by atoms with Gasteiger partial charge in [0.2, 0.25) is 5.91 Å². The number of pyridine rings is 2. The first-order chi connectivity index (χ1) is 13.3. The number of para-hydroxylation sites is 1. The first-order valence-electron chi connectivity index (χ1n) is 8.90. The second-order valence-electron chi connectivity index (χ2n) is 6.39. The molecule has 0 saturated heterocycles. The van der Waals surface area contributed by atoms with Gasteiger partial charge in [-0.3, -0.25) is 14.8 Å². The van der Waals surface area contributed by atoms with E-state index in [0.717, 1.165) is 27.7 Å². The van der Waals surface area contributed by atoms with Crippen LogP contribution < -0.4 is 5.32 Å². The predicted octanol–water partition coefficient (Wildman–Crippen LogP) is 4.59. The van der Waals surface area contributed by atoms with Crippen LogP contribution in [0.3, 0.4) is 0 Å². The van der Waals surface area contributed by atoms with Crippen molar-refractivity contribution in [3.63, 3.8) is 0 Å². The highest BCUT2D eigenvalue weighted by Gasteiger charge is 2.22. The molecule has 1 amide bonds. The monoisotopic (exact) mass is 353 g/mol. The Labute approximate surface area is 157 Å². The summed E-state index contributed by atoms with van der Waals surface area (Å²) in [6.45, 7) is 0. The Bertz CT molecular complexity index is 1040. The minimum Gasteiger partial charge on any atom is -0.324 e. The van der Waals surface area contributed by atoms with Crippen molar-refractivity contribution >= 4 is 22.5 Å². The van der Waals surface area contributed by atoms with Gasteiger partial charge in [-0.2, -0.15) is 0 Å². The second-order valence-corrected chi connectivity index (χ2v) is 6.39. The molecular formula is C23H19N3O. The molecule has 2 heterocycles. The third kappa shape index (κ3) is 3.85. The number of rotatable bonds is 5. The van der Waals surface area contributed by atoms with E-state index in [1.807, 2.05) is 72.8 Å². The van der Waals surface area contributed by atoms with Crippen molar-refractivity contribution in [2.75, 3.05) is 5.32 Å². The van der Waals surface area contributed by atoms with Gasteiger partial charge in [-0.05, 0) is 41.8 Å². The average molecular weight is 353 g/mol. The molecular weight excluding hydrogens is 334 g/mol. The summed E-state index contributed by atoms with van der Waals surface area (Å²) in [5.41, 5.74) is 3.59. The lowest BCUT2D eigenvalue weighted by molar-refractivity contribution is -0.117. The highest BCUT2D eigenvalue weighted by Crippen LogP contribution is 2.26. The summed E-state index contributed by atoms with van der Waals surface area (Å²) in [6, 6.07) is 23.5.